The second kappa shape index (κ2) is 11.0. The number of hydrogen-bond donors (Lipinski definition) is 0. The average molecular weight is 735 g/mol. The van der Waals surface area contributed by atoms with Gasteiger partial charge in [0, 0.05) is 21.5 Å². The van der Waals surface area contributed by atoms with E-state index >= 15 is 0 Å². The molecule has 0 saturated carbocycles. The minimum Gasteiger partial charge on any atom is -0.456 e. The number of benzene rings is 12. The first-order valence-corrected chi connectivity index (χ1v) is 20.0. The van der Waals surface area contributed by atoms with Crippen LogP contribution in [0.25, 0.3) is 142 Å². The van der Waals surface area contributed by atoms with Gasteiger partial charge in [-0.3, -0.25) is 0 Å². The Morgan fingerprint density at radius 3 is 1.10 bits per heavy atom. The van der Waals surface area contributed by atoms with E-state index in [1.165, 1.54) is 86.9 Å². The fourth-order valence-electron chi connectivity index (χ4n) is 10.2. The van der Waals surface area contributed by atoms with Gasteiger partial charge in [-0.25, -0.2) is 0 Å². The van der Waals surface area contributed by atoms with Crippen molar-refractivity contribution in [3.63, 3.8) is 0 Å². The number of hydrogen-bond acceptors (Lipinski definition) is 2. The lowest BCUT2D eigenvalue weighted by atomic mass is 9.89. The predicted molar refractivity (Wildman–Crippen MR) is 245 cm³/mol. The molecule has 0 aliphatic rings. The molecule has 2 aromatic heterocycles. The molecular formula is C56H30O2. The second-order valence-electron chi connectivity index (χ2n) is 16.0. The quantitative estimate of drug-likeness (QED) is 0.169. The summed E-state index contributed by atoms with van der Waals surface area (Å²) in [6, 6.07) is 66.8. The van der Waals surface area contributed by atoms with Crippen molar-refractivity contribution in [2.24, 2.45) is 0 Å². The molecule has 0 bridgehead atoms. The Balaban J connectivity index is 0.888. The van der Waals surface area contributed by atoms with Gasteiger partial charge in [-0.1, -0.05) is 121 Å². The highest BCUT2D eigenvalue weighted by Gasteiger charge is 2.17. The molecule has 0 spiro atoms. The molecule has 0 aliphatic heterocycles. The van der Waals surface area contributed by atoms with Crippen molar-refractivity contribution in [2.75, 3.05) is 0 Å². The van der Waals surface area contributed by atoms with Crippen molar-refractivity contribution in [1.29, 1.82) is 0 Å². The minimum absolute atomic E-state index is 0.888. The van der Waals surface area contributed by atoms with Crippen molar-refractivity contribution in [2.45, 2.75) is 0 Å². The smallest absolute Gasteiger partial charge is 0.135 e. The molecule has 266 valence electrons. The van der Waals surface area contributed by atoms with Crippen LogP contribution in [-0.4, -0.2) is 0 Å². The van der Waals surface area contributed by atoms with Gasteiger partial charge in [-0.2, -0.15) is 0 Å². The summed E-state index contributed by atoms with van der Waals surface area (Å²) in [5.74, 6) is 0. The minimum atomic E-state index is 0.888. The SMILES string of the molecule is c1cc2ccc3cc(-c4ccc5oc6ccc(-c7ccc8oc9ccc(-c%10ccc%11ccc%12cccc%13ccc%10c%11c%12%13)cc9c8c7)cc6c5c4)cc4ccc(c1)c2c34. The van der Waals surface area contributed by atoms with Gasteiger partial charge in [0.1, 0.15) is 22.3 Å². The Morgan fingerprint density at radius 2 is 0.586 bits per heavy atom. The van der Waals surface area contributed by atoms with Crippen molar-refractivity contribution in [3.8, 4) is 33.4 Å². The molecule has 0 radical (unpaired) electrons. The molecule has 0 fully saturated rings. The number of furan rings is 2. The maximum absolute atomic E-state index is 6.43. The number of fused-ring (bicyclic) bond motifs is 6. The Labute approximate surface area is 331 Å². The van der Waals surface area contributed by atoms with E-state index in [2.05, 4.69) is 182 Å². The average Bonchev–Trinajstić information content (AvgIpc) is 3.84. The van der Waals surface area contributed by atoms with E-state index in [0.717, 1.165) is 55.0 Å². The third kappa shape index (κ3) is 4.16. The second-order valence-corrected chi connectivity index (χ2v) is 16.0. The van der Waals surface area contributed by atoms with Gasteiger partial charge < -0.3 is 8.83 Å². The highest BCUT2D eigenvalue weighted by atomic mass is 16.3. The molecule has 0 amide bonds. The largest absolute Gasteiger partial charge is 0.456 e. The first kappa shape index (κ1) is 30.5. The normalized spacial score (nSPS) is 12.5. The van der Waals surface area contributed by atoms with Crippen LogP contribution in [0.5, 0.6) is 0 Å². The Kier molecular flexibility index (Phi) is 5.79. The van der Waals surface area contributed by atoms with Gasteiger partial charge in [0.2, 0.25) is 0 Å². The molecule has 12 aromatic carbocycles. The fourth-order valence-corrected chi connectivity index (χ4v) is 10.2. The summed E-state index contributed by atoms with van der Waals surface area (Å²) >= 11 is 0. The summed E-state index contributed by atoms with van der Waals surface area (Å²) in [6.45, 7) is 0. The molecule has 0 aliphatic carbocycles. The van der Waals surface area contributed by atoms with Gasteiger partial charge in [-0.05, 0) is 159 Å². The van der Waals surface area contributed by atoms with Crippen LogP contribution in [0.15, 0.2) is 191 Å². The molecule has 2 heteroatoms. The maximum atomic E-state index is 6.43. The van der Waals surface area contributed by atoms with E-state index in [1.807, 2.05) is 0 Å². The zero-order valence-electron chi connectivity index (χ0n) is 31.1. The van der Waals surface area contributed by atoms with Crippen molar-refractivity contribution < 1.29 is 8.83 Å². The van der Waals surface area contributed by atoms with E-state index in [9.17, 15) is 0 Å². The lowest BCUT2D eigenvalue weighted by Gasteiger charge is -2.14. The van der Waals surface area contributed by atoms with Gasteiger partial charge in [-0.15, -0.1) is 0 Å². The summed E-state index contributed by atoms with van der Waals surface area (Å²) in [5.41, 5.74) is 10.6. The topological polar surface area (TPSA) is 26.3 Å². The van der Waals surface area contributed by atoms with Crippen LogP contribution < -0.4 is 0 Å². The van der Waals surface area contributed by atoms with Crippen LogP contribution in [0.3, 0.4) is 0 Å². The van der Waals surface area contributed by atoms with Crippen LogP contribution in [0, 0.1) is 0 Å². The van der Waals surface area contributed by atoms with Crippen molar-refractivity contribution >= 4 is 109 Å². The first-order valence-electron chi connectivity index (χ1n) is 20.0. The van der Waals surface area contributed by atoms with Crippen molar-refractivity contribution in [1.82, 2.24) is 0 Å². The van der Waals surface area contributed by atoms with Gasteiger partial charge >= 0.3 is 0 Å². The lowest BCUT2D eigenvalue weighted by molar-refractivity contribution is 0.668. The van der Waals surface area contributed by atoms with E-state index < -0.39 is 0 Å². The lowest BCUT2D eigenvalue weighted by Crippen LogP contribution is -1.87. The Morgan fingerprint density at radius 1 is 0.224 bits per heavy atom. The van der Waals surface area contributed by atoms with Crippen molar-refractivity contribution in [3.05, 3.63) is 182 Å². The standard InChI is InChI=1S/C56H30O2/c1-3-31-9-11-40-25-42(26-41-12-10-32(4-1)53(31)55(40)41)38-17-23-51-47(29-38)45-27-36(15-21-49(45)57-51)37-16-22-50-46(28-37)48-30-39(18-24-52(48)58-50)43-19-13-35-8-7-33-5-2-6-34-14-20-44(43)56(35)54(33)34/h1-30H. The van der Waals surface area contributed by atoms with E-state index in [4.69, 9.17) is 8.83 Å². The maximum Gasteiger partial charge on any atom is 0.135 e. The molecule has 0 N–H and O–H groups in total. The molecule has 58 heavy (non-hydrogen) atoms. The Bertz CT molecular complexity index is 3950. The third-order valence-electron chi connectivity index (χ3n) is 12.9. The fraction of sp³-hybridized carbons (Fsp3) is 0. The zero-order chi connectivity index (χ0) is 37.6. The molecule has 0 saturated heterocycles. The van der Waals surface area contributed by atoms with Crippen LogP contribution in [-0.2, 0) is 0 Å². The van der Waals surface area contributed by atoms with Crippen LogP contribution in [0.2, 0.25) is 0 Å². The van der Waals surface area contributed by atoms with E-state index in [0.29, 0.717) is 0 Å². The molecule has 2 heterocycles. The summed E-state index contributed by atoms with van der Waals surface area (Å²) in [6.07, 6.45) is 0. The summed E-state index contributed by atoms with van der Waals surface area (Å²) in [5, 5.41) is 20.0. The monoisotopic (exact) mass is 734 g/mol. The highest BCUT2D eigenvalue weighted by Crippen LogP contribution is 2.43. The van der Waals surface area contributed by atoms with E-state index in [-0.39, 0.29) is 0 Å². The zero-order valence-corrected chi connectivity index (χ0v) is 31.1. The Hall–Kier alpha value is -7.68. The number of rotatable bonds is 3. The van der Waals surface area contributed by atoms with E-state index in [1.54, 1.807) is 0 Å². The third-order valence-corrected chi connectivity index (χ3v) is 12.9. The van der Waals surface area contributed by atoms with Crippen LogP contribution in [0.1, 0.15) is 0 Å². The summed E-state index contributed by atoms with van der Waals surface area (Å²) in [7, 11) is 0. The summed E-state index contributed by atoms with van der Waals surface area (Å²) < 4.78 is 12.9. The molecular weight excluding hydrogens is 705 g/mol. The highest BCUT2D eigenvalue weighted by molar-refractivity contribution is 6.26. The van der Waals surface area contributed by atoms with Crippen LogP contribution in [0.4, 0.5) is 0 Å². The van der Waals surface area contributed by atoms with Gasteiger partial charge in [0.15, 0.2) is 0 Å². The summed E-state index contributed by atoms with van der Waals surface area (Å²) in [4.78, 5) is 0. The molecule has 0 unspecified atom stereocenters. The van der Waals surface area contributed by atoms with Crippen LogP contribution >= 0.6 is 0 Å². The molecule has 2 nitrogen and oxygen atoms in total. The molecule has 0 atom stereocenters. The van der Waals surface area contributed by atoms with Gasteiger partial charge in [0.05, 0.1) is 0 Å². The molecule has 14 rings (SSSR count). The molecule has 14 aromatic rings. The van der Waals surface area contributed by atoms with Gasteiger partial charge in [0.25, 0.3) is 0 Å². The predicted octanol–water partition coefficient (Wildman–Crippen LogP) is 16.3. The first-order chi connectivity index (χ1) is 28.7.